The number of aliphatic hydroxyl groups is 3. The van der Waals surface area contributed by atoms with E-state index < -0.39 is 36.4 Å². The van der Waals surface area contributed by atoms with E-state index in [-0.39, 0.29) is 36.2 Å². The van der Waals surface area contributed by atoms with Crippen LogP contribution in [0.15, 0.2) is 0 Å². The first-order chi connectivity index (χ1) is 10.3. The van der Waals surface area contributed by atoms with Crippen molar-refractivity contribution in [3.8, 4) is 0 Å². The van der Waals surface area contributed by atoms with Gasteiger partial charge in [0.2, 0.25) is 5.91 Å². The first-order valence-corrected chi connectivity index (χ1v) is 10.3. The zero-order valence-corrected chi connectivity index (χ0v) is 18.1. The van der Waals surface area contributed by atoms with Crippen molar-refractivity contribution in [2.45, 2.75) is 57.5 Å². The molecule has 6 nitrogen and oxygen atoms in total. The number of rotatable bonds is 5. The molecule has 1 aliphatic rings. The molecule has 0 saturated carbocycles. The monoisotopic (exact) mass is 552 g/mol. The van der Waals surface area contributed by atoms with Gasteiger partial charge in [0.25, 0.3) is 0 Å². The largest absolute Gasteiger partial charge is 0.759 e. The second-order valence-electron chi connectivity index (χ2n) is 5.24. The van der Waals surface area contributed by atoms with Crippen LogP contribution in [0.5, 0.6) is 0 Å². The maximum absolute atomic E-state index is 10.8. The van der Waals surface area contributed by atoms with Crippen molar-refractivity contribution < 1.29 is 47.2 Å². The summed E-state index contributed by atoms with van der Waals surface area (Å²) >= 11 is 4.88. The van der Waals surface area contributed by atoms with E-state index in [0.29, 0.717) is 0 Å². The topological polar surface area (TPSA) is 99.0 Å². The van der Waals surface area contributed by atoms with Crippen LogP contribution in [0, 0.1) is 0 Å². The molecule has 143 valence electrons. The Morgan fingerprint density at radius 2 is 1.65 bits per heavy atom. The minimum absolute atomic E-state index is 0. The fraction of sp³-hybridized carbons (Fsp3) is 0.929. The summed E-state index contributed by atoms with van der Waals surface area (Å²) in [5.74, 6) is -0.368. The molecular weight excluding hydrogens is 522 g/mol. The van der Waals surface area contributed by atoms with Crippen molar-refractivity contribution in [3.05, 3.63) is 0 Å². The molecule has 5 atom stereocenters. The van der Waals surface area contributed by atoms with E-state index in [1.807, 2.05) is 0 Å². The quantitative estimate of drug-likeness (QED) is 0.213. The van der Waals surface area contributed by atoms with E-state index in [1.165, 1.54) is 25.4 Å². The molecular formula is C14H30AuNO5PS. The van der Waals surface area contributed by atoms with E-state index >= 15 is 0 Å². The van der Waals surface area contributed by atoms with E-state index in [4.69, 9.17) is 22.5 Å². The normalized spacial score (nSPS) is 30.0. The number of hydrogen-bond donors (Lipinski definition) is 4. The number of amides is 1. The standard InChI is InChI=1S/C8H15NO5S.C6H15P.Au/c1-3(11)9-5-7(13)6(12)4(2-10)14-8(5)15;1-4-7(5-2)6-3;/h4-8,10,12-13,15H,2H2,1H3,(H,9,11);4-6H2,1-3H3;/t4?,5?,6-,7-,8+;;/m1../s1. The molecule has 1 heterocycles. The van der Waals surface area contributed by atoms with E-state index in [9.17, 15) is 15.0 Å². The van der Waals surface area contributed by atoms with Crippen LogP contribution in [0.4, 0.5) is 0 Å². The molecule has 9 heteroatoms. The Kier molecular flexibility index (Phi) is 15.9. The van der Waals surface area contributed by atoms with Crippen molar-refractivity contribution in [2.75, 3.05) is 25.1 Å². The Morgan fingerprint density at radius 1 is 1.17 bits per heavy atom. The molecule has 4 N–H and O–H groups in total. The SMILES string of the molecule is CC(=O)NC1[C@H]([S-])OC(CO)[C@@H](O)[C@@H]1O.CC[PH+](CC)CC.[Au]. The summed E-state index contributed by atoms with van der Waals surface area (Å²) in [5.41, 5.74) is -0.871. The van der Waals surface area contributed by atoms with Crippen LogP contribution in [0.2, 0.25) is 0 Å². The summed E-state index contributed by atoms with van der Waals surface area (Å²) < 4.78 is 5.07. The van der Waals surface area contributed by atoms with Crippen molar-refractivity contribution in [1.82, 2.24) is 5.32 Å². The third-order valence-corrected chi connectivity index (χ3v) is 7.16. The molecule has 1 aliphatic heterocycles. The van der Waals surface area contributed by atoms with Crippen LogP contribution in [-0.4, -0.2) is 76.1 Å². The molecule has 0 aromatic rings. The third-order valence-electron chi connectivity index (χ3n) is 3.75. The first-order valence-electron chi connectivity index (χ1n) is 7.71. The maximum Gasteiger partial charge on any atom is 0.217 e. The van der Waals surface area contributed by atoms with Gasteiger partial charge in [-0.25, -0.2) is 0 Å². The number of carbonyl (C=O) groups excluding carboxylic acids is 1. The van der Waals surface area contributed by atoms with Gasteiger partial charge in [-0.15, -0.1) is 0 Å². The molecule has 1 amide bonds. The molecule has 0 aromatic carbocycles. The maximum atomic E-state index is 10.8. The Morgan fingerprint density at radius 3 is 1.96 bits per heavy atom. The number of aliphatic hydroxyl groups excluding tert-OH is 3. The summed E-state index contributed by atoms with van der Waals surface area (Å²) in [5, 5.41) is 30.4. The molecule has 0 spiro atoms. The van der Waals surface area contributed by atoms with Gasteiger partial charge in [0, 0.05) is 29.3 Å². The summed E-state index contributed by atoms with van der Waals surface area (Å²) in [4.78, 5) is 10.8. The van der Waals surface area contributed by atoms with Crippen LogP contribution in [0.3, 0.4) is 0 Å². The van der Waals surface area contributed by atoms with E-state index in [1.54, 1.807) is 0 Å². The molecule has 1 fully saturated rings. The second kappa shape index (κ2) is 14.0. The van der Waals surface area contributed by atoms with Gasteiger partial charge in [-0.1, -0.05) is 0 Å². The van der Waals surface area contributed by atoms with Gasteiger partial charge in [-0.3, -0.25) is 4.79 Å². The minimum atomic E-state index is -1.26. The van der Waals surface area contributed by atoms with Gasteiger partial charge in [-0.2, -0.15) is 0 Å². The molecule has 0 bridgehead atoms. The molecule has 0 aromatic heterocycles. The van der Waals surface area contributed by atoms with Gasteiger partial charge in [0.05, 0.1) is 31.1 Å². The predicted molar refractivity (Wildman–Crippen MR) is 92.7 cm³/mol. The van der Waals surface area contributed by atoms with Gasteiger partial charge >= 0.3 is 0 Å². The Balaban J connectivity index is 0. The van der Waals surface area contributed by atoms with Crippen LogP contribution in [0.25, 0.3) is 0 Å². The summed E-state index contributed by atoms with van der Waals surface area (Å²) in [7, 11) is 0.137. The van der Waals surface area contributed by atoms with Crippen molar-refractivity contribution >= 4 is 26.5 Å². The van der Waals surface area contributed by atoms with Crippen molar-refractivity contribution in [1.29, 1.82) is 0 Å². The molecule has 1 radical (unpaired) electrons. The molecule has 1 rings (SSSR count). The summed E-state index contributed by atoms with van der Waals surface area (Å²) in [6.45, 7) is 7.77. The van der Waals surface area contributed by atoms with Crippen molar-refractivity contribution in [3.63, 3.8) is 0 Å². The van der Waals surface area contributed by atoms with Crippen LogP contribution in [-0.2, 0) is 44.5 Å². The Bertz CT molecular complexity index is 320. The fourth-order valence-electron chi connectivity index (χ4n) is 2.22. The molecule has 1 saturated heterocycles. The van der Waals surface area contributed by atoms with Gasteiger partial charge < -0.3 is 38.0 Å². The zero-order chi connectivity index (χ0) is 17.3. The van der Waals surface area contributed by atoms with Gasteiger partial charge in [-0.05, 0) is 34.1 Å². The van der Waals surface area contributed by atoms with Crippen molar-refractivity contribution in [2.24, 2.45) is 0 Å². The summed E-state index contributed by atoms with van der Waals surface area (Å²) in [6.07, 6.45) is 0.966. The Hall–Kier alpha value is 0.830. The zero-order valence-electron chi connectivity index (χ0n) is 14.1. The first kappa shape index (κ1) is 26.1. The second-order valence-corrected chi connectivity index (χ2v) is 9.33. The van der Waals surface area contributed by atoms with Gasteiger partial charge in [0.1, 0.15) is 18.3 Å². The third kappa shape index (κ3) is 9.19. The number of nitrogens with one attached hydrogen (secondary N) is 1. The molecule has 23 heavy (non-hydrogen) atoms. The number of ether oxygens (including phenoxy) is 1. The molecule has 2 unspecified atom stereocenters. The fourth-order valence-corrected chi connectivity index (χ4v) is 4.09. The Labute approximate surface area is 161 Å². The average molecular weight is 552 g/mol. The van der Waals surface area contributed by atoms with Crippen LogP contribution in [0.1, 0.15) is 27.7 Å². The number of carbonyl (C=O) groups is 1. The van der Waals surface area contributed by atoms with Crippen LogP contribution < -0.4 is 5.32 Å². The summed E-state index contributed by atoms with van der Waals surface area (Å²) in [6, 6.07) is -0.838. The van der Waals surface area contributed by atoms with E-state index in [2.05, 4.69) is 26.1 Å². The molecule has 0 aliphatic carbocycles. The predicted octanol–water partition coefficient (Wildman–Crippen LogP) is -0.265. The van der Waals surface area contributed by atoms with E-state index in [0.717, 1.165) is 0 Å². The average Bonchev–Trinajstić information content (AvgIpc) is 2.49. The number of hydrogen-bond acceptors (Lipinski definition) is 6. The van der Waals surface area contributed by atoms with Gasteiger partial charge in [0.15, 0.2) is 0 Å². The smallest absolute Gasteiger partial charge is 0.217 e. The van der Waals surface area contributed by atoms with Crippen LogP contribution >= 0.6 is 7.92 Å². The minimum Gasteiger partial charge on any atom is -0.759 e.